The summed E-state index contributed by atoms with van der Waals surface area (Å²) in [7, 11) is 0. The SMILES string of the molecule is NC([15NH2])=NCCCC(N)C(=O)O. The Hall–Kier alpha value is -1.30. The van der Waals surface area contributed by atoms with Crippen LogP contribution in [0.25, 0.3) is 0 Å². The van der Waals surface area contributed by atoms with Gasteiger partial charge in [-0.2, -0.15) is 0 Å². The molecule has 6 heteroatoms. The van der Waals surface area contributed by atoms with Crippen LogP contribution in [-0.4, -0.2) is 29.6 Å². The molecule has 0 saturated heterocycles. The number of carboxylic acid groups (broad SMARTS) is 1. The Kier molecular flexibility index (Phi) is 4.78. The fourth-order valence-corrected chi connectivity index (χ4v) is 0.643. The van der Waals surface area contributed by atoms with E-state index in [1.807, 2.05) is 0 Å². The van der Waals surface area contributed by atoms with Gasteiger partial charge in [-0.15, -0.1) is 0 Å². The van der Waals surface area contributed by atoms with Crippen molar-refractivity contribution in [2.24, 2.45) is 22.2 Å². The maximum atomic E-state index is 10.2. The molecule has 0 amide bonds. The minimum absolute atomic E-state index is 0.0129. The molecular formula is C6H14N4O2. The Labute approximate surface area is 70.4 Å². The number of carbonyl (C=O) groups is 1. The predicted octanol–water partition coefficient (Wildman–Crippen LogP) is -1.55. The standard InChI is InChI=1S/C6H14N4O2/c7-4(5(11)12)2-1-3-10-6(8)9/h4H,1-3,7H2,(H,11,12)(H4,8,9,10)/i8+1. The first-order chi connectivity index (χ1) is 5.54. The van der Waals surface area contributed by atoms with E-state index in [1.54, 1.807) is 0 Å². The molecule has 0 aliphatic rings. The molecule has 1 atom stereocenters. The molecule has 0 fully saturated rings. The van der Waals surface area contributed by atoms with Crippen LogP contribution in [0.15, 0.2) is 4.99 Å². The van der Waals surface area contributed by atoms with Crippen LogP contribution >= 0.6 is 0 Å². The number of hydrogen-bond donors (Lipinski definition) is 4. The van der Waals surface area contributed by atoms with Crippen LogP contribution in [0.3, 0.4) is 0 Å². The maximum Gasteiger partial charge on any atom is 0.320 e. The smallest absolute Gasteiger partial charge is 0.320 e. The van der Waals surface area contributed by atoms with Gasteiger partial charge < -0.3 is 22.3 Å². The first kappa shape index (κ1) is 10.7. The summed E-state index contributed by atoms with van der Waals surface area (Å²) in [5, 5.41) is 8.38. The third-order valence-corrected chi connectivity index (χ3v) is 1.28. The predicted molar refractivity (Wildman–Crippen MR) is 45.5 cm³/mol. The van der Waals surface area contributed by atoms with Gasteiger partial charge in [0.2, 0.25) is 0 Å². The number of nitrogens with two attached hydrogens (primary N) is 3. The van der Waals surface area contributed by atoms with E-state index in [9.17, 15) is 4.79 Å². The Bertz CT molecular complexity index is 176. The van der Waals surface area contributed by atoms with E-state index in [4.69, 9.17) is 22.3 Å². The number of aliphatic imine (C=N–C) groups is 1. The number of aliphatic carboxylic acids is 1. The lowest BCUT2D eigenvalue weighted by molar-refractivity contribution is -0.138. The van der Waals surface area contributed by atoms with Gasteiger partial charge in [-0.25, -0.2) is 0 Å². The molecule has 70 valence electrons. The van der Waals surface area contributed by atoms with Crippen molar-refractivity contribution in [3.05, 3.63) is 0 Å². The van der Waals surface area contributed by atoms with Crippen molar-refractivity contribution in [3.8, 4) is 0 Å². The topological polar surface area (TPSA) is 128 Å². The van der Waals surface area contributed by atoms with Gasteiger partial charge in [-0.3, -0.25) is 9.79 Å². The third kappa shape index (κ3) is 5.48. The van der Waals surface area contributed by atoms with Crippen molar-refractivity contribution in [2.45, 2.75) is 18.9 Å². The quantitative estimate of drug-likeness (QED) is 0.174. The molecule has 0 aliphatic heterocycles. The third-order valence-electron chi connectivity index (χ3n) is 1.28. The highest BCUT2D eigenvalue weighted by Crippen LogP contribution is 1.94. The molecule has 0 aliphatic carbocycles. The molecule has 0 aromatic heterocycles. The van der Waals surface area contributed by atoms with Gasteiger partial charge in [0.25, 0.3) is 0 Å². The van der Waals surface area contributed by atoms with Crippen molar-refractivity contribution in [2.75, 3.05) is 6.54 Å². The zero-order valence-electron chi connectivity index (χ0n) is 6.73. The summed E-state index contributed by atoms with van der Waals surface area (Å²) < 4.78 is 0. The molecule has 1 unspecified atom stereocenters. The Morgan fingerprint density at radius 3 is 2.50 bits per heavy atom. The van der Waals surface area contributed by atoms with E-state index in [-0.39, 0.29) is 5.96 Å². The summed E-state index contributed by atoms with van der Waals surface area (Å²) >= 11 is 0. The summed E-state index contributed by atoms with van der Waals surface area (Å²) in [6, 6.07) is -0.820. The lowest BCUT2D eigenvalue weighted by Crippen LogP contribution is -2.30. The van der Waals surface area contributed by atoms with E-state index in [2.05, 4.69) is 4.99 Å². The van der Waals surface area contributed by atoms with Crippen molar-refractivity contribution in [1.29, 1.82) is 0 Å². The van der Waals surface area contributed by atoms with Crippen LogP contribution in [0.5, 0.6) is 0 Å². The first-order valence-electron chi connectivity index (χ1n) is 3.58. The zero-order chi connectivity index (χ0) is 9.56. The Morgan fingerprint density at radius 2 is 2.08 bits per heavy atom. The van der Waals surface area contributed by atoms with Gasteiger partial charge in [-0.05, 0) is 12.8 Å². The summed E-state index contributed by atoms with van der Waals surface area (Å²) in [5.41, 5.74) is 15.3. The fourth-order valence-electron chi connectivity index (χ4n) is 0.643. The molecule has 0 aromatic carbocycles. The number of hydrogen-bond acceptors (Lipinski definition) is 3. The van der Waals surface area contributed by atoms with E-state index < -0.39 is 12.0 Å². The summed E-state index contributed by atoms with van der Waals surface area (Å²) in [6.07, 6.45) is 0.956. The monoisotopic (exact) mass is 175 g/mol. The van der Waals surface area contributed by atoms with Crippen molar-refractivity contribution in [3.63, 3.8) is 0 Å². The van der Waals surface area contributed by atoms with Crippen molar-refractivity contribution in [1.82, 2.24) is 0 Å². The maximum absolute atomic E-state index is 10.2. The molecule has 12 heavy (non-hydrogen) atoms. The number of rotatable bonds is 5. The lowest BCUT2D eigenvalue weighted by Gasteiger charge is -2.03. The number of carboxylic acids is 1. The largest absolute Gasteiger partial charge is 0.480 e. The molecule has 0 aromatic rings. The van der Waals surface area contributed by atoms with Crippen molar-refractivity contribution >= 4 is 11.9 Å². The van der Waals surface area contributed by atoms with Crippen LogP contribution in [0, 0.1) is 0 Å². The number of guanidine groups is 1. The lowest BCUT2D eigenvalue weighted by atomic mass is 10.2. The van der Waals surface area contributed by atoms with Crippen LogP contribution in [0.2, 0.25) is 0 Å². The Morgan fingerprint density at radius 1 is 1.50 bits per heavy atom. The van der Waals surface area contributed by atoms with Gasteiger partial charge in [0.05, 0.1) is 0 Å². The Balaban J connectivity index is 3.44. The normalized spacial score (nSPS) is 14.2. The van der Waals surface area contributed by atoms with Gasteiger partial charge in [0.1, 0.15) is 6.04 Å². The van der Waals surface area contributed by atoms with Crippen LogP contribution in [0.4, 0.5) is 0 Å². The van der Waals surface area contributed by atoms with Gasteiger partial charge >= 0.3 is 5.97 Å². The second kappa shape index (κ2) is 5.36. The molecule has 0 heterocycles. The second-order valence-electron chi connectivity index (χ2n) is 2.39. The summed E-state index contributed by atoms with van der Waals surface area (Å²) in [5.74, 6) is -0.987. The highest BCUT2D eigenvalue weighted by atomic mass is 16.4. The second-order valence-corrected chi connectivity index (χ2v) is 2.39. The molecule has 0 rings (SSSR count). The molecule has 0 radical (unpaired) electrons. The average molecular weight is 175 g/mol. The van der Waals surface area contributed by atoms with Crippen LogP contribution in [0.1, 0.15) is 12.8 Å². The number of nitrogens with zero attached hydrogens (tertiary/aromatic N) is 1. The molecule has 0 saturated carbocycles. The highest BCUT2D eigenvalue weighted by Gasteiger charge is 2.09. The zero-order valence-corrected chi connectivity index (χ0v) is 6.73. The first-order valence-corrected chi connectivity index (χ1v) is 3.58. The van der Waals surface area contributed by atoms with E-state index in [1.165, 1.54) is 0 Å². The van der Waals surface area contributed by atoms with E-state index in [0.717, 1.165) is 0 Å². The fraction of sp³-hybridized carbons (Fsp3) is 0.667. The van der Waals surface area contributed by atoms with Gasteiger partial charge in [0, 0.05) is 6.54 Å². The summed E-state index contributed by atoms with van der Waals surface area (Å²) in [4.78, 5) is 13.9. The summed E-state index contributed by atoms with van der Waals surface area (Å²) in [6.45, 7) is 0.420. The van der Waals surface area contributed by atoms with Crippen molar-refractivity contribution < 1.29 is 9.90 Å². The van der Waals surface area contributed by atoms with E-state index in [0.29, 0.717) is 19.4 Å². The minimum atomic E-state index is -1.00. The van der Waals surface area contributed by atoms with Crippen LogP contribution in [-0.2, 0) is 4.79 Å². The average Bonchev–Trinajstić information content (AvgIpc) is 1.97. The molecule has 0 spiro atoms. The van der Waals surface area contributed by atoms with E-state index >= 15 is 0 Å². The van der Waals surface area contributed by atoms with Gasteiger partial charge in [0.15, 0.2) is 5.96 Å². The molecule has 6 nitrogen and oxygen atoms in total. The minimum Gasteiger partial charge on any atom is -0.480 e. The molecule has 0 bridgehead atoms. The van der Waals surface area contributed by atoms with Gasteiger partial charge in [-0.1, -0.05) is 0 Å². The molecular weight excluding hydrogens is 161 g/mol. The van der Waals surface area contributed by atoms with Crippen LogP contribution < -0.4 is 17.2 Å². The molecule has 7 N–H and O–H groups in total. The highest BCUT2D eigenvalue weighted by molar-refractivity contribution is 5.75.